The molecule has 0 spiro atoms. The highest BCUT2D eigenvalue weighted by Crippen LogP contribution is 2.07. The zero-order valence-electron chi connectivity index (χ0n) is 13.2. The molecular weight excluding hydrogens is 268 g/mol. The van der Waals surface area contributed by atoms with Crippen LogP contribution >= 0.6 is 0 Å². The van der Waals surface area contributed by atoms with Gasteiger partial charge in [-0.2, -0.15) is 0 Å². The molecule has 1 rings (SSSR count). The first kappa shape index (κ1) is 17.1. The van der Waals surface area contributed by atoms with Gasteiger partial charge in [-0.05, 0) is 32.8 Å². The van der Waals surface area contributed by atoms with Crippen molar-refractivity contribution >= 4 is 11.9 Å². The molecule has 0 aliphatic rings. The second-order valence-corrected chi connectivity index (χ2v) is 4.73. The molecule has 0 atom stereocenters. The first-order chi connectivity index (χ1) is 10.2. The Labute approximate surface area is 126 Å². The second kappa shape index (κ2) is 9.85. The van der Waals surface area contributed by atoms with Gasteiger partial charge in [0.2, 0.25) is 0 Å². The lowest BCUT2D eigenvalue weighted by atomic mass is 10.2. The van der Waals surface area contributed by atoms with Crippen LogP contribution in [0.25, 0.3) is 0 Å². The van der Waals surface area contributed by atoms with Crippen molar-refractivity contribution in [2.75, 3.05) is 26.2 Å². The van der Waals surface area contributed by atoms with Crippen LogP contribution in [0, 0.1) is 6.92 Å². The Bertz CT molecular complexity index is 454. The smallest absolute Gasteiger partial charge is 0.287 e. The molecule has 0 saturated heterocycles. The Hall–Kier alpha value is -1.98. The van der Waals surface area contributed by atoms with E-state index in [-0.39, 0.29) is 5.91 Å². The fourth-order valence-corrected chi connectivity index (χ4v) is 1.75. The van der Waals surface area contributed by atoms with Gasteiger partial charge in [-0.1, -0.05) is 6.92 Å². The first-order valence-electron chi connectivity index (χ1n) is 7.53. The summed E-state index contributed by atoms with van der Waals surface area (Å²) in [6, 6.07) is 1.78. The van der Waals surface area contributed by atoms with Crippen molar-refractivity contribution in [2.24, 2.45) is 4.99 Å². The molecule has 118 valence electrons. The fraction of sp³-hybridized carbons (Fsp3) is 0.600. The van der Waals surface area contributed by atoms with Gasteiger partial charge in [0.05, 0.1) is 6.26 Å². The average Bonchev–Trinajstić information content (AvgIpc) is 2.90. The van der Waals surface area contributed by atoms with E-state index >= 15 is 0 Å². The summed E-state index contributed by atoms with van der Waals surface area (Å²) < 4.78 is 5.14. The number of carbonyl (C=O) groups is 1. The number of aliphatic imine (C=N–C) groups is 1. The Morgan fingerprint density at radius 3 is 2.62 bits per heavy atom. The number of hydrogen-bond acceptors (Lipinski definition) is 3. The minimum absolute atomic E-state index is 0.163. The number of amides is 1. The summed E-state index contributed by atoms with van der Waals surface area (Å²) in [6.07, 6.45) is 3.37. The fourth-order valence-electron chi connectivity index (χ4n) is 1.75. The molecule has 0 fully saturated rings. The van der Waals surface area contributed by atoms with Gasteiger partial charge >= 0.3 is 0 Å². The molecule has 6 nitrogen and oxygen atoms in total. The summed E-state index contributed by atoms with van der Waals surface area (Å²) in [5.74, 6) is 1.05. The van der Waals surface area contributed by atoms with E-state index < -0.39 is 0 Å². The lowest BCUT2D eigenvalue weighted by molar-refractivity contribution is 0.0925. The van der Waals surface area contributed by atoms with Gasteiger partial charge in [0.1, 0.15) is 0 Å². The van der Waals surface area contributed by atoms with Gasteiger partial charge in [0.15, 0.2) is 11.7 Å². The first-order valence-corrected chi connectivity index (χ1v) is 7.53. The van der Waals surface area contributed by atoms with Gasteiger partial charge < -0.3 is 20.4 Å². The molecule has 0 saturated carbocycles. The zero-order valence-corrected chi connectivity index (χ0v) is 13.2. The lowest BCUT2D eigenvalue weighted by Gasteiger charge is -2.11. The van der Waals surface area contributed by atoms with Gasteiger partial charge in [0, 0.05) is 31.7 Å². The maximum atomic E-state index is 11.8. The zero-order chi connectivity index (χ0) is 15.5. The van der Waals surface area contributed by atoms with Crippen molar-refractivity contribution in [2.45, 2.75) is 33.6 Å². The van der Waals surface area contributed by atoms with Crippen LogP contribution in [0.1, 0.15) is 42.8 Å². The van der Waals surface area contributed by atoms with Crippen LogP contribution in [0.2, 0.25) is 0 Å². The molecule has 0 unspecified atom stereocenters. The summed E-state index contributed by atoms with van der Waals surface area (Å²) >= 11 is 0. The van der Waals surface area contributed by atoms with Crippen molar-refractivity contribution in [3.8, 4) is 0 Å². The van der Waals surface area contributed by atoms with Gasteiger partial charge in [-0.3, -0.25) is 9.79 Å². The van der Waals surface area contributed by atoms with Crippen molar-refractivity contribution in [1.82, 2.24) is 16.0 Å². The molecule has 0 aromatic carbocycles. The third-order valence-electron chi connectivity index (χ3n) is 2.84. The highest BCUT2D eigenvalue weighted by atomic mass is 16.3. The van der Waals surface area contributed by atoms with Crippen LogP contribution in [0.4, 0.5) is 0 Å². The SMILES string of the molecule is CCCN=C(NCC)NCCCNC(=O)c1occc1C. The standard InChI is InChI=1S/C15H26N4O2/c1-4-8-18-15(16-5-2)19-10-6-9-17-14(20)13-12(3)7-11-21-13/h7,11H,4-6,8-10H2,1-3H3,(H,17,20)(H2,16,18,19). The predicted octanol–water partition coefficient (Wildman–Crippen LogP) is 1.67. The molecule has 3 N–H and O–H groups in total. The van der Waals surface area contributed by atoms with Crippen molar-refractivity contribution < 1.29 is 9.21 Å². The number of furan rings is 1. The summed E-state index contributed by atoms with van der Waals surface area (Å²) in [5.41, 5.74) is 0.853. The molecule has 0 radical (unpaired) electrons. The number of carbonyl (C=O) groups excluding carboxylic acids is 1. The second-order valence-electron chi connectivity index (χ2n) is 4.73. The van der Waals surface area contributed by atoms with Gasteiger partial charge in [0.25, 0.3) is 5.91 Å². The molecular formula is C15H26N4O2. The van der Waals surface area contributed by atoms with Crippen LogP contribution in [-0.2, 0) is 0 Å². The molecule has 21 heavy (non-hydrogen) atoms. The third-order valence-corrected chi connectivity index (χ3v) is 2.84. The van der Waals surface area contributed by atoms with E-state index in [4.69, 9.17) is 4.42 Å². The maximum absolute atomic E-state index is 11.8. The number of rotatable bonds is 8. The highest BCUT2D eigenvalue weighted by Gasteiger charge is 2.11. The van der Waals surface area contributed by atoms with E-state index in [2.05, 4.69) is 27.9 Å². The Kier molecular flexibility index (Phi) is 8.01. The monoisotopic (exact) mass is 294 g/mol. The van der Waals surface area contributed by atoms with E-state index in [0.29, 0.717) is 12.3 Å². The van der Waals surface area contributed by atoms with E-state index in [1.165, 1.54) is 6.26 Å². The molecule has 1 aromatic heterocycles. The summed E-state index contributed by atoms with van der Waals surface area (Å²) in [5, 5.41) is 9.26. The van der Waals surface area contributed by atoms with Gasteiger partial charge in [-0.25, -0.2) is 0 Å². The predicted molar refractivity (Wildman–Crippen MR) is 84.7 cm³/mol. The normalized spacial score (nSPS) is 11.3. The topological polar surface area (TPSA) is 78.7 Å². The quantitative estimate of drug-likeness (QED) is 0.387. The molecule has 0 aliphatic carbocycles. The molecule has 0 bridgehead atoms. The number of hydrogen-bond donors (Lipinski definition) is 3. The average molecular weight is 294 g/mol. The maximum Gasteiger partial charge on any atom is 0.287 e. The minimum Gasteiger partial charge on any atom is -0.459 e. The Morgan fingerprint density at radius 1 is 1.24 bits per heavy atom. The van der Waals surface area contributed by atoms with E-state index in [0.717, 1.165) is 44.0 Å². The van der Waals surface area contributed by atoms with Crippen LogP contribution in [-0.4, -0.2) is 38.0 Å². The highest BCUT2D eigenvalue weighted by molar-refractivity contribution is 5.92. The number of nitrogens with one attached hydrogen (secondary N) is 3. The van der Waals surface area contributed by atoms with Crippen LogP contribution < -0.4 is 16.0 Å². The number of nitrogens with zero attached hydrogens (tertiary/aromatic N) is 1. The molecule has 0 aliphatic heterocycles. The lowest BCUT2D eigenvalue weighted by Crippen LogP contribution is -2.38. The van der Waals surface area contributed by atoms with E-state index in [1.807, 2.05) is 13.8 Å². The van der Waals surface area contributed by atoms with E-state index in [9.17, 15) is 4.79 Å². The molecule has 1 amide bonds. The van der Waals surface area contributed by atoms with Gasteiger partial charge in [-0.15, -0.1) is 0 Å². The van der Waals surface area contributed by atoms with Crippen LogP contribution in [0.15, 0.2) is 21.7 Å². The van der Waals surface area contributed by atoms with Crippen LogP contribution in [0.5, 0.6) is 0 Å². The van der Waals surface area contributed by atoms with Crippen LogP contribution in [0.3, 0.4) is 0 Å². The van der Waals surface area contributed by atoms with Crippen molar-refractivity contribution in [3.05, 3.63) is 23.7 Å². The van der Waals surface area contributed by atoms with Crippen molar-refractivity contribution in [3.63, 3.8) is 0 Å². The number of aryl methyl sites for hydroxylation is 1. The largest absolute Gasteiger partial charge is 0.459 e. The summed E-state index contributed by atoms with van der Waals surface area (Å²) in [4.78, 5) is 16.2. The Morgan fingerprint density at radius 2 is 2.00 bits per heavy atom. The van der Waals surface area contributed by atoms with E-state index in [1.54, 1.807) is 6.07 Å². The Balaban J connectivity index is 2.21. The summed E-state index contributed by atoms with van der Waals surface area (Å²) in [7, 11) is 0. The molecule has 1 aromatic rings. The molecule has 6 heteroatoms. The third kappa shape index (κ3) is 6.33. The minimum atomic E-state index is -0.163. The summed E-state index contributed by atoms with van der Waals surface area (Å²) in [6.45, 7) is 8.99. The molecule has 1 heterocycles. The van der Waals surface area contributed by atoms with Crippen molar-refractivity contribution in [1.29, 1.82) is 0 Å². The number of guanidine groups is 1.